The highest BCUT2D eigenvalue weighted by Gasteiger charge is 2.03. The predicted octanol–water partition coefficient (Wildman–Crippen LogP) is 2.43. The van der Waals surface area contributed by atoms with Crippen molar-refractivity contribution >= 4 is 5.71 Å². The summed E-state index contributed by atoms with van der Waals surface area (Å²) in [6.45, 7) is 0. The van der Waals surface area contributed by atoms with Crippen LogP contribution in [0.3, 0.4) is 0 Å². The Kier molecular flexibility index (Phi) is 3.63. The number of terminal acetylenes is 1. The molecule has 0 saturated carbocycles. The number of hydrogen-bond acceptors (Lipinski definition) is 1. The van der Waals surface area contributed by atoms with E-state index in [-0.39, 0.29) is 5.82 Å². The Morgan fingerprint density at radius 3 is 2.79 bits per heavy atom. The first-order chi connectivity index (χ1) is 6.79. The summed E-state index contributed by atoms with van der Waals surface area (Å²) in [7, 11) is 1.60. The van der Waals surface area contributed by atoms with E-state index < -0.39 is 0 Å². The van der Waals surface area contributed by atoms with E-state index in [0.717, 1.165) is 0 Å². The maximum Gasteiger partial charge on any atom is 0.132 e. The second-order valence-corrected chi connectivity index (χ2v) is 2.59. The number of nitrogens with zero attached hydrogens (tertiary/aromatic N) is 1. The Balaban J connectivity index is 3.10. The van der Waals surface area contributed by atoms with E-state index in [1.807, 2.05) is 0 Å². The maximum atomic E-state index is 13.3. The van der Waals surface area contributed by atoms with E-state index in [2.05, 4.69) is 10.9 Å². The summed E-state index contributed by atoms with van der Waals surface area (Å²) in [5, 5.41) is 0. The molecule has 0 bridgehead atoms. The van der Waals surface area contributed by atoms with Crippen molar-refractivity contribution in [2.24, 2.45) is 4.99 Å². The second-order valence-electron chi connectivity index (χ2n) is 2.59. The Hall–Kier alpha value is -1.88. The van der Waals surface area contributed by atoms with Gasteiger partial charge in [-0.2, -0.15) is 0 Å². The summed E-state index contributed by atoms with van der Waals surface area (Å²) < 4.78 is 13.3. The summed E-state index contributed by atoms with van der Waals surface area (Å²) in [5.74, 6) is 2.04. The fraction of sp³-hybridized carbons (Fsp3) is 0.0833. The molecule has 1 nitrogen and oxygen atoms in total. The molecular formula is C12H10FN. The zero-order valence-corrected chi connectivity index (χ0v) is 7.87. The summed E-state index contributed by atoms with van der Waals surface area (Å²) in [4.78, 5) is 3.95. The van der Waals surface area contributed by atoms with Crippen molar-refractivity contribution in [2.45, 2.75) is 0 Å². The molecule has 1 rings (SSSR count). The highest BCUT2D eigenvalue weighted by atomic mass is 19.1. The molecule has 0 saturated heterocycles. The minimum atomic E-state index is -0.297. The highest BCUT2D eigenvalue weighted by Crippen LogP contribution is 2.08. The van der Waals surface area contributed by atoms with Gasteiger partial charge in [-0.3, -0.25) is 4.99 Å². The third kappa shape index (κ3) is 2.30. The fourth-order valence-electron chi connectivity index (χ4n) is 1.08. The summed E-state index contributed by atoms with van der Waals surface area (Å²) in [6, 6.07) is 6.45. The van der Waals surface area contributed by atoms with Crippen LogP contribution in [0.5, 0.6) is 0 Å². The normalized spacial score (nSPS) is 11.6. The van der Waals surface area contributed by atoms with E-state index >= 15 is 0 Å². The zero-order valence-electron chi connectivity index (χ0n) is 7.87. The molecule has 1 aromatic rings. The summed E-state index contributed by atoms with van der Waals surface area (Å²) in [5.41, 5.74) is 1.00. The smallest absolute Gasteiger partial charge is 0.132 e. The molecule has 0 fully saturated rings. The Bertz CT molecular complexity index is 411. The van der Waals surface area contributed by atoms with Crippen molar-refractivity contribution in [1.82, 2.24) is 0 Å². The lowest BCUT2D eigenvalue weighted by Gasteiger charge is -2.00. The molecule has 0 N–H and O–H groups in total. The van der Waals surface area contributed by atoms with Gasteiger partial charge in [-0.05, 0) is 24.3 Å². The maximum absolute atomic E-state index is 13.3. The lowest BCUT2D eigenvalue weighted by molar-refractivity contribution is 0.625. The zero-order chi connectivity index (χ0) is 10.4. The van der Waals surface area contributed by atoms with Crippen LogP contribution in [0, 0.1) is 18.2 Å². The number of benzene rings is 1. The van der Waals surface area contributed by atoms with Crippen molar-refractivity contribution in [3.05, 3.63) is 47.8 Å². The molecule has 2 heteroatoms. The van der Waals surface area contributed by atoms with Crippen LogP contribution in [0.15, 0.2) is 41.4 Å². The molecule has 0 amide bonds. The molecule has 0 aliphatic heterocycles. The van der Waals surface area contributed by atoms with E-state index in [1.165, 1.54) is 12.1 Å². The molecule has 0 heterocycles. The molecule has 14 heavy (non-hydrogen) atoms. The first-order valence-electron chi connectivity index (χ1n) is 4.14. The topological polar surface area (TPSA) is 12.4 Å². The van der Waals surface area contributed by atoms with E-state index in [9.17, 15) is 4.39 Å². The van der Waals surface area contributed by atoms with Gasteiger partial charge in [0.25, 0.3) is 0 Å². The number of halogens is 1. The van der Waals surface area contributed by atoms with Crippen LogP contribution >= 0.6 is 0 Å². The Morgan fingerprint density at radius 1 is 1.50 bits per heavy atom. The third-order valence-corrected chi connectivity index (χ3v) is 1.73. The van der Waals surface area contributed by atoms with Crippen molar-refractivity contribution in [2.75, 3.05) is 7.05 Å². The molecule has 0 atom stereocenters. The van der Waals surface area contributed by atoms with Gasteiger partial charge in [0.1, 0.15) is 5.82 Å². The highest BCUT2D eigenvalue weighted by molar-refractivity contribution is 6.09. The van der Waals surface area contributed by atoms with Crippen LogP contribution < -0.4 is 0 Å². The molecule has 0 radical (unpaired) electrons. The Morgan fingerprint density at radius 2 is 2.21 bits per heavy atom. The number of hydrogen-bond donors (Lipinski definition) is 0. The van der Waals surface area contributed by atoms with Gasteiger partial charge in [0.05, 0.1) is 5.71 Å². The lowest BCUT2D eigenvalue weighted by atomic mass is 10.1. The first-order valence-corrected chi connectivity index (χ1v) is 4.14. The summed E-state index contributed by atoms with van der Waals surface area (Å²) in [6.07, 6.45) is 8.17. The van der Waals surface area contributed by atoms with Crippen molar-refractivity contribution < 1.29 is 4.39 Å². The molecule has 1 aromatic carbocycles. The van der Waals surface area contributed by atoms with Gasteiger partial charge in [0.15, 0.2) is 0 Å². The van der Waals surface area contributed by atoms with Gasteiger partial charge in [-0.1, -0.05) is 18.1 Å². The van der Waals surface area contributed by atoms with E-state index in [0.29, 0.717) is 11.3 Å². The standard InChI is InChI=1S/C12H10FN/c1-3-4-9-12(14-2)10-7-5-6-8-11(10)13/h1,4-9H,2H3/b9-4-,14-12?. The fourth-order valence-corrected chi connectivity index (χ4v) is 1.08. The van der Waals surface area contributed by atoms with Gasteiger partial charge in [0.2, 0.25) is 0 Å². The molecule has 70 valence electrons. The Labute approximate surface area is 83.0 Å². The molecule has 0 aromatic heterocycles. The third-order valence-electron chi connectivity index (χ3n) is 1.73. The average molecular weight is 187 g/mol. The minimum absolute atomic E-state index is 0.297. The van der Waals surface area contributed by atoms with Crippen LogP contribution in [0.1, 0.15) is 5.56 Å². The van der Waals surface area contributed by atoms with Gasteiger partial charge >= 0.3 is 0 Å². The SMILES string of the molecule is C#C/C=C\C(=NC)c1ccccc1F. The molecular weight excluding hydrogens is 177 g/mol. The van der Waals surface area contributed by atoms with Gasteiger partial charge in [0, 0.05) is 12.6 Å². The number of allylic oxidation sites excluding steroid dienone is 2. The molecule has 0 aliphatic rings. The lowest BCUT2D eigenvalue weighted by Crippen LogP contribution is -1.99. The predicted molar refractivity (Wildman–Crippen MR) is 56.8 cm³/mol. The van der Waals surface area contributed by atoms with E-state index in [4.69, 9.17) is 6.42 Å². The second kappa shape index (κ2) is 4.98. The number of aliphatic imine (C=N–C) groups is 1. The van der Waals surface area contributed by atoms with Crippen LogP contribution in [-0.2, 0) is 0 Å². The molecule has 0 spiro atoms. The molecule has 0 aliphatic carbocycles. The summed E-state index contributed by atoms with van der Waals surface area (Å²) >= 11 is 0. The first kappa shape index (κ1) is 10.2. The van der Waals surface area contributed by atoms with Gasteiger partial charge in [-0.25, -0.2) is 4.39 Å². The minimum Gasteiger partial charge on any atom is -0.288 e. The number of rotatable bonds is 2. The quantitative estimate of drug-likeness (QED) is 0.498. The van der Waals surface area contributed by atoms with Crippen LogP contribution in [0.25, 0.3) is 0 Å². The largest absolute Gasteiger partial charge is 0.288 e. The van der Waals surface area contributed by atoms with Crippen molar-refractivity contribution in [3.63, 3.8) is 0 Å². The van der Waals surface area contributed by atoms with Crippen molar-refractivity contribution in [1.29, 1.82) is 0 Å². The van der Waals surface area contributed by atoms with Crippen LogP contribution in [-0.4, -0.2) is 12.8 Å². The molecule has 0 unspecified atom stereocenters. The van der Waals surface area contributed by atoms with E-state index in [1.54, 1.807) is 31.3 Å². The van der Waals surface area contributed by atoms with Crippen molar-refractivity contribution in [3.8, 4) is 12.3 Å². The van der Waals surface area contributed by atoms with Gasteiger partial charge < -0.3 is 0 Å². The van der Waals surface area contributed by atoms with Crippen LogP contribution in [0.4, 0.5) is 4.39 Å². The average Bonchev–Trinajstić information content (AvgIpc) is 2.21. The van der Waals surface area contributed by atoms with Crippen LogP contribution in [0.2, 0.25) is 0 Å². The monoisotopic (exact) mass is 187 g/mol. The van der Waals surface area contributed by atoms with Gasteiger partial charge in [-0.15, -0.1) is 6.42 Å².